The molecule has 0 atom stereocenters. The Morgan fingerprint density at radius 3 is 1.92 bits per heavy atom. The van der Waals surface area contributed by atoms with Gasteiger partial charge < -0.3 is 4.57 Å². The molecule has 3 nitrogen and oxygen atoms in total. The molecular formula is C45H31N3+2. The van der Waals surface area contributed by atoms with Crippen molar-refractivity contribution in [2.45, 2.75) is 5.41 Å². The summed E-state index contributed by atoms with van der Waals surface area (Å²) in [6.07, 6.45) is 0. The Balaban J connectivity index is 1.29. The molecule has 0 N–H and O–H groups in total. The van der Waals surface area contributed by atoms with Gasteiger partial charge in [0, 0.05) is 40.7 Å². The molecule has 1 aliphatic heterocycles. The van der Waals surface area contributed by atoms with Crippen LogP contribution in [0.3, 0.4) is 0 Å². The minimum atomic E-state index is -0.529. The minimum absolute atomic E-state index is 0.529. The molecule has 0 amide bonds. The zero-order chi connectivity index (χ0) is 31.8. The van der Waals surface area contributed by atoms with Gasteiger partial charge in [-0.25, -0.2) is 0 Å². The molecule has 1 aromatic heterocycles. The third-order valence-corrected chi connectivity index (χ3v) is 10.3. The summed E-state index contributed by atoms with van der Waals surface area (Å²) in [5.74, 6) is 0. The topological polar surface area (TPSA) is 10.9 Å². The molecule has 2 heterocycles. The highest BCUT2D eigenvalue weighted by Crippen LogP contribution is 2.57. The van der Waals surface area contributed by atoms with Crippen LogP contribution < -0.4 is 4.58 Å². The van der Waals surface area contributed by atoms with Crippen LogP contribution in [-0.2, 0) is 5.41 Å². The van der Waals surface area contributed by atoms with E-state index < -0.39 is 5.41 Å². The van der Waals surface area contributed by atoms with Gasteiger partial charge in [0.15, 0.2) is 7.05 Å². The Hall–Kier alpha value is -6.28. The third kappa shape index (κ3) is 3.59. The van der Waals surface area contributed by atoms with E-state index in [0.717, 1.165) is 17.1 Å². The fraction of sp³-hybridized carbons (Fsp3) is 0.0444. The Bertz CT molecular complexity index is 2620. The van der Waals surface area contributed by atoms with Crippen LogP contribution in [-0.4, -0.2) is 22.2 Å². The lowest BCUT2D eigenvalue weighted by molar-refractivity contribution is -0.394. The lowest BCUT2D eigenvalue weighted by Crippen LogP contribution is -2.28. The number of rotatable bonds is 4. The van der Waals surface area contributed by atoms with Crippen LogP contribution in [0.25, 0.3) is 38.6 Å². The highest BCUT2D eigenvalue weighted by molar-refractivity contribution is 6.10. The van der Waals surface area contributed by atoms with Gasteiger partial charge in [-0.1, -0.05) is 120 Å². The van der Waals surface area contributed by atoms with Crippen LogP contribution in [0.2, 0.25) is 0 Å². The van der Waals surface area contributed by atoms with E-state index in [1.807, 2.05) is 0 Å². The molecule has 10 rings (SSSR count). The van der Waals surface area contributed by atoms with Gasteiger partial charge in [0.05, 0.1) is 16.4 Å². The second-order valence-corrected chi connectivity index (χ2v) is 12.8. The molecule has 1 aliphatic carbocycles. The second-order valence-electron chi connectivity index (χ2n) is 12.8. The standard InChI is InChI=1S/C45H31N3/c1-46-30-47(44-25-12-11-24-43(44)46)34-17-13-14-31(28-34)45(39-21-8-5-18-35(39)36-19-6-9-22-40(36)45)32-26-27-42-38(29-32)37-20-7-10-23-41(37)48(42)33-15-3-2-4-16-33/h2-29H,1H3/q+2. The Labute approximate surface area is 279 Å². The summed E-state index contributed by atoms with van der Waals surface area (Å²) in [4.78, 5) is 0. The SMILES string of the molecule is C[N+]1=C=[N+](c2cccc(C3(c4ccc5c(c4)c4ccccc4n5-c4ccccc4)c4ccccc4-c4ccccc43)c2)c2ccccc21. The molecule has 0 spiro atoms. The van der Waals surface area contributed by atoms with Gasteiger partial charge >= 0.3 is 6.01 Å². The molecule has 8 aromatic rings. The molecule has 224 valence electrons. The second kappa shape index (κ2) is 10.1. The van der Waals surface area contributed by atoms with E-state index in [0.29, 0.717) is 0 Å². The lowest BCUT2D eigenvalue weighted by atomic mass is 9.67. The van der Waals surface area contributed by atoms with Gasteiger partial charge in [0.1, 0.15) is 0 Å². The van der Waals surface area contributed by atoms with Crippen molar-refractivity contribution in [3.05, 3.63) is 192 Å². The zero-order valence-corrected chi connectivity index (χ0v) is 26.5. The Kier molecular flexibility index (Phi) is 5.66. The molecule has 0 fully saturated rings. The van der Waals surface area contributed by atoms with Gasteiger partial charge in [-0.05, 0) is 68.3 Å². The quantitative estimate of drug-likeness (QED) is 0.175. The predicted molar refractivity (Wildman–Crippen MR) is 197 cm³/mol. The Morgan fingerprint density at radius 1 is 0.500 bits per heavy atom. The molecule has 0 unspecified atom stereocenters. The van der Waals surface area contributed by atoms with Crippen molar-refractivity contribution in [1.82, 2.24) is 9.14 Å². The predicted octanol–water partition coefficient (Wildman–Crippen LogP) is 10.4. The van der Waals surface area contributed by atoms with Crippen LogP contribution >= 0.6 is 0 Å². The molecule has 3 heteroatoms. The van der Waals surface area contributed by atoms with E-state index in [-0.39, 0.29) is 0 Å². The normalized spacial score (nSPS) is 14.0. The molecule has 0 radical (unpaired) electrons. The first-order valence-corrected chi connectivity index (χ1v) is 16.5. The van der Waals surface area contributed by atoms with E-state index in [4.69, 9.17) is 0 Å². The number of hydrogen-bond acceptors (Lipinski definition) is 0. The maximum absolute atomic E-state index is 3.57. The van der Waals surface area contributed by atoms with Crippen LogP contribution in [0.5, 0.6) is 0 Å². The summed E-state index contributed by atoms with van der Waals surface area (Å²) in [7, 11) is 2.06. The van der Waals surface area contributed by atoms with Crippen molar-refractivity contribution in [3.63, 3.8) is 0 Å². The van der Waals surface area contributed by atoms with Crippen LogP contribution in [0.1, 0.15) is 22.3 Å². The highest BCUT2D eigenvalue weighted by Gasteiger charge is 2.47. The number of hydrogen-bond donors (Lipinski definition) is 0. The molecule has 7 aromatic carbocycles. The lowest BCUT2D eigenvalue weighted by Gasteiger charge is -2.34. The maximum Gasteiger partial charge on any atom is 0.496 e. The number of fused-ring (bicyclic) bond motifs is 7. The monoisotopic (exact) mass is 613 g/mol. The van der Waals surface area contributed by atoms with Crippen LogP contribution in [0.4, 0.5) is 17.1 Å². The largest absolute Gasteiger partial charge is 0.496 e. The molecule has 2 aliphatic rings. The average molecular weight is 614 g/mol. The molecule has 0 saturated heterocycles. The smallest absolute Gasteiger partial charge is 0.309 e. The zero-order valence-electron chi connectivity index (χ0n) is 26.5. The summed E-state index contributed by atoms with van der Waals surface area (Å²) >= 11 is 0. The average Bonchev–Trinajstić information content (AvgIpc) is 3.78. The van der Waals surface area contributed by atoms with Gasteiger partial charge in [-0.15, -0.1) is 0 Å². The van der Waals surface area contributed by atoms with Crippen molar-refractivity contribution >= 4 is 44.9 Å². The van der Waals surface area contributed by atoms with Gasteiger partial charge in [0.25, 0.3) is 11.4 Å². The first kappa shape index (κ1) is 26.9. The highest BCUT2D eigenvalue weighted by atomic mass is 15.2. The van der Waals surface area contributed by atoms with Crippen molar-refractivity contribution in [2.75, 3.05) is 7.05 Å². The number of benzene rings is 7. The molecule has 48 heavy (non-hydrogen) atoms. The van der Waals surface area contributed by atoms with E-state index in [9.17, 15) is 0 Å². The van der Waals surface area contributed by atoms with Crippen molar-refractivity contribution in [3.8, 4) is 16.8 Å². The molecule has 0 bridgehead atoms. The first-order valence-electron chi connectivity index (χ1n) is 16.5. The maximum atomic E-state index is 3.57. The van der Waals surface area contributed by atoms with Gasteiger partial charge in [0.2, 0.25) is 5.69 Å². The molecular weight excluding hydrogens is 583 g/mol. The number of para-hydroxylation sites is 4. The minimum Gasteiger partial charge on any atom is -0.309 e. The molecule has 0 saturated carbocycles. The van der Waals surface area contributed by atoms with Gasteiger partial charge in [-0.3, -0.25) is 0 Å². The number of aromatic nitrogens is 1. The first-order chi connectivity index (χ1) is 23.7. The fourth-order valence-electron chi connectivity index (χ4n) is 8.35. The summed E-state index contributed by atoms with van der Waals surface area (Å²) < 4.78 is 6.66. The van der Waals surface area contributed by atoms with Crippen molar-refractivity contribution in [2.24, 2.45) is 0 Å². The van der Waals surface area contributed by atoms with E-state index in [2.05, 4.69) is 197 Å². The van der Waals surface area contributed by atoms with Crippen molar-refractivity contribution in [1.29, 1.82) is 0 Å². The van der Waals surface area contributed by atoms with E-state index in [1.165, 1.54) is 60.9 Å². The van der Waals surface area contributed by atoms with Crippen LogP contribution in [0, 0.1) is 0 Å². The summed E-state index contributed by atoms with van der Waals surface area (Å²) in [6, 6.07) is 65.8. The van der Waals surface area contributed by atoms with Crippen LogP contribution in [0.15, 0.2) is 170 Å². The summed E-state index contributed by atoms with van der Waals surface area (Å²) in [5.41, 5.74) is 14.1. The van der Waals surface area contributed by atoms with Crippen molar-refractivity contribution < 1.29 is 4.58 Å². The van der Waals surface area contributed by atoms with Gasteiger partial charge in [-0.2, -0.15) is 0 Å². The summed E-state index contributed by atoms with van der Waals surface area (Å²) in [5, 5.41) is 2.50. The fourth-order valence-corrected chi connectivity index (χ4v) is 8.35. The Morgan fingerprint density at radius 2 is 1.12 bits per heavy atom. The summed E-state index contributed by atoms with van der Waals surface area (Å²) in [6.45, 7) is 0. The third-order valence-electron chi connectivity index (χ3n) is 10.3. The number of nitrogens with zero attached hydrogens (tertiary/aromatic N) is 3. The van der Waals surface area contributed by atoms with E-state index in [1.54, 1.807) is 0 Å². The van der Waals surface area contributed by atoms with E-state index >= 15 is 0 Å².